The molecule has 19 heavy (non-hydrogen) atoms. The lowest BCUT2D eigenvalue weighted by atomic mass is 10.1. The van der Waals surface area contributed by atoms with Gasteiger partial charge in [-0.3, -0.25) is 0 Å². The molecule has 0 saturated carbocycles. The largest absolute Gasteiger partial charge is 0.457 e. The van der Waals surface area contributed by atoms with Gasteiger partial charge in [-0.1, -0.05) is 22.0 Å². The van der Waals surface area contributed by atoms with Crippen LogP contribution in [0.1, 0.15) is 24.1 Å². The SMILES string of the molecule is Cc1cc(F)ccc1Oc1ccc([C@@H](C)N)c(Br)c1. The average Bonchev–Trinajstić information content (AvgIpc) is 2.32. The molecule has 0 aliphatic rings. The van der Waals surface area contributed by atoms with E-state index in [0.717, 1.165) is 15.6 Å². The van der Waals surface area contributed by atoms with Gasteiger partial charge < -0.3 is 10.5 Å². The van der Waals surface area contributed by atoms with Crippen LogP contribution in [0.5, 0.6) is 11.5 Å². The maximum Gasteiger partial charge on any atom is 0.130 e. The highest BCUT2D eigenvalue weighted by Crippen LogP contribution is 2.30. The van der Waals surface area contributed by atoms with E-state index < -0.39 is 0 Å². The van der Waals surface area contributed by atoms with E-state index in [1.807, 2.05) is 32.0 Å². The van der Waals surface area contributed by atoms with Crippen LogP contribution in [0.3, 0.4) is 0 Å². The molecule has 0 saturated heterocycles. The summed E-state index contributed by atoms with van der Waals surface area (Å²) in [4.78, 5) is 0. The minimum atomic E-state index is -0.265. The molecule has 0 aromatic heterocycles. The summed E-state index contributed by atoms with van der Waals surface area (Å²) < 4.78 is 19.7. The standard InChI is InChI=1S/C15H15BrFNO/c1-9-7-11(17)3-6-15(9)19-12-4-5-13(10(2)18)14(16)8-12/h3-8,10H,18H2,1-2H3/t10-/m1/s1. The Balaban J connectivity index is 2.26. The van der Waals surface area contributed by atoms with E-state index in [4.69, 9.17) is 10.5 Å². The third-order valence-corrected chi connectivity index (χ3v) is 3.51. The Morgan fingerprint density at radius 2 is 1.95 bits per heavy atom. The lowest BCUT2D eigenvalue weighted by molar-refractivity contribution is 0.476. The van der Waals surface area contributed by atoms with E-state index in [2.05, 4.69) is 15.9 Å². The fourth-order valence-corrected chi connectivity index (χ4v) is 2.51. The molecule has 0 radical (unpaired) electrons. The minimum Gasteiger partial charge on any atom is -0.457 e. The zero-order chi connectivity index (χ0) is 14.0. The van der Waals surface area contributed by atoms with Crippen molar-refractivity contribution in [1.29, 1.82) is 0 Å². The molecule has 0 heterocycles. The Morgan fingerprint density at radius 3 is 2.53 bits per heavy atom. The Bertz CT molecular complexity index is 599. The summed E-state index contributed by atoms with van der Waals surface area (Å²) in [6.45, 7) is 3.73. The first kappa shape index (κ1) is 14.0. The maximum atomic E-state index is 13.0. The van der Waals surface area contributed by atoms with Gasteiger partial charge in [0.15, 0.2) is 0 Å². The maximum absolute atomic E-state index is 13.0. The summed E-state index contributed by atoms with van der Waals surface area (Å²) in [7, 11) is 0. The number of benzene rings is 2. The topological polar surface area (TPSA) is 35.2 Å². The van der Waals surface area contributed by atoms with Gasteiger partial charge in [0.25, 0.3) is 0 Å². The lowest BCUT2D eigenvalue weighted by Gasteiger charge is -2.12. The number of nitrogens with two attached hydrogens (primary N) is 1. The van der Waals surface area contributed by atoms with Crippen LogP contribution in [0, 0.1) is 12.7 Å². The second-order valence-corrected chi connectivity index (χ2v) is 5.34. The monoisotopic (exact) mass is 323 g/mol. The molecule has 100 valence electrons. The molecule has 2 aromatic carbocycles. The molecule has 4 heteroatoms. The summed E-state index contributed by atoms with van der Waals surface area (Å²) in [5.41, 5.74) is 7.62. The molecule has 2 rings (SSSR count). The Kier molecular flexibility index (Phi) is 4.22. The van der Waals surface area contributed by atoms with Crippen molar-refractivity contribution < 1.29 is 9.13 Å². The summed E-state index contributed by atoms with van der Waals surface area (Å²) in [5.74, 6) is 1.06. The molecule has 0 fully saturated rings. The first-order valence-electron chi connectivity index (χ1n) is 5.96. The third-order valence-electron chi connectivity index (χ3n) is 2.83. The van der Waals surface area contributed by atoms with E-state index in [1.54, 1.807) is 6.07 Å². The quantitative estimate of drug-likeness (QED) is 0.887. The molecule has 2 N–H and O–H groups in total. The summed E-state index contributed by atoms with van der Waals surface area (Å²) in [6, 6.07) is 10.0. The lowest BCUT2D eigenvalue weighted by Crippen LogP contribution is -2.05. The first-order chi connectivity index (χ1) is 8.97. The summed E-state index contributed by atoms with van der Waals surface area (Å²) in [5, 5.41) is 0. The van der Waals surface area contributed by atoms with Gasteiger partial charge in [-0.25, -0.2) is 4.39 Å². The summed E-state index contributed by atoms with van der Waals surface area (Å²) >= 11 is 3.47. The van der Waals surface area contributed by atoms with Gasteiger partial charge in [-0.2, -0.15) is 0 Å². The van der Waals surface area contributed by atoms with Crippen LogP contribution in [-0.2, 0) is 0 Å². The molecule has 0 aliphatic carbocycles. The number of rotatable bonds is 3. The van der Waals surface area contributed by atoms with Crippen LogP contribution in [0.2, 0.25) is 0 Å². The first-order valence-corrected chi connectivity index (χ1v) is 6.75. The van der Waals surface area contributed by atoms with Gasteiger partial charge in [0, 0.05) is 10.5 Å². The fraction of sp³-hybridized carbons (Fsp3) is 0.200. The second-order valence-electron chi connectivity index (χ2n) is 4.48. The van der Waals surface area contributed by atoms with Crippen LogP contribution in [0.25, 0.3) is 0 Å². The fourth-order valence-electron chi connectivity index (χ4n) is 1.79. The van der Waals surface area contributed by atoms with Gasteiger partial charge in [-0.15, -0.1) is 0 Å². The molecular formula is C15H15BrFNO. The average molecular weight is 324 g/mol. The molecule has 1 atom stereocenters. The Hall–Kier alpha value is -1.39. The zero-order valence-corrected chi connectivity index (χ0v) is 12.4. The van der Waals surface area contributed by atoms with Crippen LogP contribution in [-0.4, -0.2) is 0 Å². The second kappa shape index (κ2) is 5.72. The van der Waals surface area contributed by atoms with Gasteiger partial charge in [0.2, 0.25) is 0 Å². The van der Waals surface area contributed by atoms with Crippen LogP contribution in [0.4, 0.5) is 4.39 Å². The molecule has 0 aliphatic heterocycles. The number of hydrogen-bond donors (Lipinski definition) is 1. The van der Waals surface area contributed by atoms with Crippen LogP contribution < -0.4 is 10.5 Å². The Morgan fingerprint density at radius 1 is 1.21 bits per heavy atom. The van der Waals surface area contributed by atoms with E-state index in [-0.39, 0.29) is 11.9 Å². The highest BCUT2D eigenvalue weighted by molar-refractivity contribution is 9.10. The van der Waals surface area contributed by atoms with Crippen LogP contribution >= 0.6 is 15.9 Å². The minimum absolute atomic E-state index is 0.0454. The molecule has 2 nitrogen and oxygen atoms in total. The number of hydrogen-bond acceptors (Lipinski definition) is 2. The highest BCUT2D eigenvalue weighted by Gasteiger charge is 2.08. The molecule has 0 amide bonds. The summed E-state index contributed by atoms with van der Waals surface area (Å²) in [6.07, 6.45) is 0. The highest BCUT2D eigenvalue weighted by atomic mass is 79.9. The zero-order valence-electron chi connectivity index (χ0n) is 10.8. The van der Waals surface area contributed by atoms with Crippen molar-refractivity contribution in [3.8, 4) is 11.5 Å². The molecule has 0 bridgehead atoms. The molecule has 2 aromatic rings. The van der Waals surface area contributed by atoms with Crippen molar-refractivity contribution in [2.75, 3.05) is 0 Å². The van der Waals surface area contributed by atoms with Gasteiger partial charge >= 0.3 is 0 Å². The van der Waals surface area contributed by atoms with Crippen molar-refractivity contribution in [1.82, 2.24) is 0 Å². The number of aryl methyl sites for hydroxylation is 1. The smallest absolute Gasteiger partial charge is 0.130 e. The van der Waals surface area contributed by atoms with E-state index in [1.165, 1.54) is 12.1 Å². The van der Waals surface area contributed by atoms with E-state index in [0.29, 0.717) is 11.5 Å². The van der Waals surface area contributed by atoms with Crippen molar-refractivity contribution >= 4 is 15.9 Å². The van der Waals surface area contributed by atoms with Gasteiger partial charge in [-0.05, 0) is 55.3 Å². The molecule has 0 spiro atoms. The Labute approximate surface area is 120 Å². The van der Waals surface area contributed by atoms with E-state index >= 15 is 0 Å². The van der Waals surface area contributed by atoms with Gasteiger partial charge in [0.1, 0.15) is 17.3 Å². The number of ether oxygens (including phenoxy) is 1. The molecule has 0 unspecified atom stereocenters. The van der Waals surface area contributed by atoms with Crippen molar-refractivity contribution in [2.45, 2.75) is 19.9 Å². The number of halogens is 2. The van der Waals surface area contributed by atoms with Crippen molar-refractivity contribution in [3.05, 3.63) is 57.8 Å². The predicted molar refractivity (Wildman–Crippen MR) is 78.0 cm³/mol. The van der Waals surface area contributed by atoms with E-state index in [9.17, 15) is 4.39 Å². The van der Waals surface area contributed by atoms with Crippen molar-refractivity contribution in [3.63, 3.8) is 0 Å². The third kappa shape index (κ3) is 3.33. The van der Waals surface area contributed by atoms with Crippen molar-refractivity contribution in [2.24, 2.45) is 5.73 Å². The van der Waals surface area contributed by atoms with Crippen LogP contribution in [0.15, 0.2) is 40.9 Å². The normalized spacial score (nSPS) is 12.3. The molecular weight excluding hydrogens is 309 g/mol. The van der Waals surface area contributed by atoms with Gasteiger partial charge in [0.05, 0.1) is 0 Å². The predicted octanol–water partition coefficient (Wildman–Crippen LogP) is 4.71.